The van der Waals surface area contributed by atoms with E-state index >= 15 is 0 Å². The van der Waals surface area contributed by atoms with Crippen LogP contribution in [0.4, 0.5) is 0 Å². The van der Waals surface area contributed by atoms with Gasteiger partial charge in [-0.25, -0.2) is 5.43 Å². The summed E-state index contributed by atoms with van der Waals surface area (Å²) in [7, 11) is 0. The lowest BCUT2D eigenvalue weighted by Crippen LogP contribution is -2.30. The van der Waals surface area contributed by atoms with Crippen LogP contribution < -0.4 is 11.3 Å². The summed E-state index contributed by atoms with van der Waals surface area (Å²) in [4.78, 5) is 1.14. The Kier molecular flexibility index (Phi) is 4.33. The molecular formula is C16H22N4S. The number of hydrogen-bond acceptors (Lipinski definition) is 5. The van der Waals surface area contributed by atoms with E-state index in [9.17, 15) is 0 Å². The third-order valence-electron chi connectivity index (χ3n) is 4.37. The summed E-state index contributed by atoms with van der Waals surface area (Å²) in [5.74, 6) is 6.93. The number of benzene rings is 1. The molecule has 3 rings (SSSR count). The molecule has 0 amide bonds. The van der Waals surface area contributed by atoms with Crippen LogP contribution in [0.3, 0.4) is 0 Å². The second-order valence-corrected chi connectivity index (χ2v) is 6.82. The number of nitrogens with one attached hydrogen (secondary N) is 1. The molecule has 0 radical (unpaired) electrons. The zero-order valence-electron chi connectivity index (χ0n) is 12.5. The molecule has 1 aromatic heterocycles. The molecule has 1 aliphatic rings. The third kappa shape index (κ3) is 2.73. The molecule has 1 unspecified atom stereocenters. The third-order valence-corrected chi connectivity index (χ3v) is 5.17. The van der Waals surface area contributed by atoms with Crippen LogP contribution in [-0.2, 0) is 0 Å². The number of nitrogens with two attached hydrogens (primary N) is 1. The van der Waals surface area contributed by atoms with Crippen LogP contribution in [0.1, 0.15) is 72.7 Å². The first-order valence-corrected chi connectivity index (χ1v) is 8.36. The topological polar surface area (TPSA) is 63.8 Å². The van der Waals surface area contributed by atoms with Crippen LogP contribution in [0, 0.1) is 0 Å². The molecule has 2 aromatic rings. The molecule has 1 aliphatic carbocycles. The lowest BCUT2D eigenvalue weighted by Gasteiger charge is -2.30. The van der Waals surface area contributed by atoms with Gasteiger partial charge in [-0.1, -0.05) is 49.0 Å². The van der Waals surface area contributed by atoms with Gasteiger partial charge in [-0.3, -0.25) is 5.84 Å². The van der Waals surface area contributed by atoms with E-state index in [1.54, 1.807) is 0 Å². The van der Waals surface area contributed by atoms with Crippen molar-refractivity contribution in [3.63, 3.8) is 0 Å². The standard InChI is InChI=1S/C16H22N4S/c1-10(2)14-16(21-20-19-14)15(18-17)13-9-4-3-8-12(13)11-6-5-7-11/h3-4,8-11,15,18H,5-7,17H2,1-2H3. The van der Waals surface area contributed by atoms with Crippen molar-refractivity contribution in [2.45, 2.75) is 51.0 Å². The Bertz CT molecular complexity index is 604. The van der Waals surface area contributed by atoms with Crippen LogP contribution in [0.15, 0.2) is 24.3 Å². The first-order valence-electron chi connectivity index (χ1n) is 7.59. The van der Waals surface area contributed by atoms with E-state index < -0.39 is 0 Å². The lowest BCUT2D eigenvalue weighted by molar-refractivity contribution is 0.414. The summed E-state index contributed by atoms with van der Waals surface area (Å²) in [5.41, 5.74) is 6.74. The Balaban J connectivity index is 2.02. The van der Waals surface area contributed by atoms with Crippen molar-refractivity contribution in [1.82, 2.24) is 15.0 Å². The maximum absolute atomic E-state index is 5.89. The van der Waals surface area contributed by atoms with E-state index in [-0.39, 0.29) is 6.04 Å². The first-order chi connectivity index (χ1) is 10.2. The molecule has 1 atom stereocenters. The van der Waals surface area contributed by atoms with Crippen molar-refractivity contribution in [2.24, 2.45) is 5.84 Å². The van der Waals surface area contributed by atoms with E-state index in [1.165, 1.54) is 41.9 Å². The second kappa shape index (κ2) is 6.22. The summed E-state index contributed by atoms with van der Waals surface area (Å²) in [5, 5.41) is 4.29. The number of hydrogen-bond donors (Lipinski definition) is 2. The van der Waals surface area contributed by atoms with Crippen LogP contribution in [-0.4, -0.2) is 9.59 Å². The van der Waals surface area contributed by atoms with Crippen molar-refractivity contribution >= 4 is 11.5 Å². The highest BCUT2D eigenvalue weighted by molar-refractivity contribution is 7.05. The fourth-order valence-corrected chi connectivity index (χ4v) is 3.86. The molecule has 1 saturated carbocycles. The van der Waals surface area contributed by atoms with E-state index in [0.717, 1.165) is 10.6 Å². The Morgan fingerprint density at radius 2 is 2.05 bits per heavy atom. The molecule has 3 N–H and O–H groups in total. The molecule has 1 aromatic carbocycles. The predicted molar refractivity (Wildman–Crippen MR) is 86.2 cm³/mol. The largest absolute Gasteiger partial charge is 0.271 e. The number of aromatic nitrogens is 2. The normalized spacial score (nSPS) is 17.0. The van der Waals surface area contributed by atoms with Crippen LogP contribution in [0.2, 0.25) is 0 Å². The average molecular weight is 302 g/mol. The lowest BCUT2D eigenvalue weighted by atomic mass is 9.77. The fraction of sp³-hybridized carbons (Fsp3) is 0.500. The molecule has 21 heavy (non-hydrogen) atoms. The number of rotatable bonds is 5. The Morgan fingerprint density at radius 3 is 2.67 bits per heavy atom. The minimum absolute atomic E-state index is 0.0146. The molecule has 0 spiro atoms. The van der Waals surface area contributed by atoms with Crippen LogP contribution in [0.5, 0.6) is 0 Å². The van der Waals surface area contributed by atoms with E-state index in [0.29, 0.717) is 11.8 Å². The van der Waals surface area contributed by atoms with Gasteiger partial charge < -0.3 is 0 Å². The maximum Gasteiger partial charge on any atom is 0.0840 e. The smallest absolute Gasteiger partial charge is 0.0840 e. The van der Waals surface area contributed by atoms with Crippen LogP contribution >= 0.6 is 11.5 Å². The molecule has 0 aliphatic heterocycles. The summed E-state index contributed by atoms with van der Waals surface area (Å²) in [6, 6.07) is 8.62. The molecule has 4 nitrogen and oxygen atoms in total. The second-order valence-electron chi connectivity index (χ2n) is 6.03. The number of nitrogens with zero attached hydrogens (tertiary/aromatic N) is 2. The molecule has 112 valence electrons. The highest BCUT2D eigenvalue weighted by Crippen LogP contribution is 2.41. The first kappa shape index (κ1) is 14.6. The van der Waals surface area contributed by atoms with Crippen LogP contribution in [0.25, 0.3) is 0 Å². The van der Waals surface area contributed by atoms with Gasteiger partial charge in [-0.05, 0) is 47.3 Å². The fourth-order valence-electron chi connectivity index (χ4n) is 2.98. The Labute approximate surface area is 129 Å². The molecule has 1 fully saturated rings. The molecule has 0 saturated heterocycles. The zero-order chi connectivity index (χ0) is 14.8. The van der Waals surface area contributed by atoms with Crippen molar-refractivity contribution in [3.8, 4) is 0 Å². The molecule has 1 heterocycles. The van der Waals surface area contributed by atoms with Gasteiger partial charge in [0.05, 0.1) is 16.6 Å². The minimum Gasteiger partial charge on any atom is -0.271 e. The monoisotopic (exact) mass is 302 g/mol. The van der Waals surface area contributed by atoms with Gasteiger partial charge in [-0.2, -0.15) is 0 Å². The summed E-state index contributed by atoms with van der Waals surface area (Å²) in [6.07, 6.45) is 3.90. The van der Waals surface area contributed by atoms with Gasteiger partial charge in [0.1, 0.15) is 0 Å². The van der Waals surface area contributed by atoms with Crippen molar-refractivity contribution in [1.29, 1.82) is 0 Å². The zero-order valence-corrected chi connectivity index (χ0v) is 13.4. The van der Waals surface area contributed by atoms with E-state index in [4.69, 9.17) is 5.84 Å². The van der Waals surface area contributed by atoms with Crippen molar-refractivity contribution in [3.05, 3.63) is 46.0 Å². The Hall–Kier alpha value is -1.30. The Morgan fingerprint density at radius 1 is 1.29 bits per heavy atom. The molecule has 5 heteroatoms. The highest BCUT2D eigenvalue weighted by atomic mass is 32.1. The number of hydrazine groups is 1. The summed E-state index contributed by atoms with van der Waals surface area (Å²) < 4.78 is 4.14. The van der Waals surface area contributed by atoms with Crippen molar-refractivity contribution in [2.75, 3.05) is 0 Å². The average Bonchev–Trinajstić information content (AvgIpc) is 2.89. The van der Waals surface area contributed by atoms with Gasteiger partial charge in [0.15, 0.2) is 0 Å². The van der Waals surface area contributed by atoms with Gasteiger partial charge >= 0.3 is 0 Å². The van der Waals surface area contributed by atoms with Crippen molar-refractivity contribution < 1.29 is 0 Å². The van der Waals surface area contributed by atoms with Gasteiger partial charge in [0.25, 0.3) is 0 Å². The van der Waals surface area contributed by atoms with Gasteiger partial charge in [-0.15, -0.1) is 5.10 Å². The molecule has 0 bridgehead atoms. The molecular weight excluding hydrogens is 280 g/mol. The SMILES string of the molecule is CC(C)c1nnsc1C(NN)c1ccccc1C1CCC1. The van der Waals surface area contributed by atoms with E-state index in [1.807, 2.05) is 0 Å². The van der Waals surface area contributed by atoms with E-state index in [2.05, 4.69) is 53.1 Å². The summed E-state index contributed by atoms with van der Waals surface area (Å²) in [6.45, 7) is 4.29. The highest BCUT2D eigenvalue weighted by Gasteiger charge is 2.28. The summed E-state index contributed by atoms with van der Waals surface area (Å²) >= 11 is 1.45. The quantitative estimate of drug-likeness (QED) is 0.655. The predicted octanol–water partition coefficient (Wildman–Crippen LogP) is 3.48. The maximum atomic E-state index is 5.89. The minimum atomic E-state index is -0.0146. The van der Waals surface area contributed by atoms with Gasteiger partial charge in [0.2, 0.25) is 0 Å². The van der Waals surface area contributed by atoms with Gasteiger partial charge in [0, 0.05) is 0 Å².